The lowest BCUT2D eigenvalue weighted by atomic mass is 10.2. The van der Waals surface area contributed by atoms with E-state index in [0.717, 1.165) is 11.3 Å². The van der Waals surface area contributed by atoms with Crippen molar-refractivity contribution in [2.75, 3.05) is 6.61 Å². The molecule has 0 saturated carbocycles. The highest BCUT2D eigenvalue weighted by Gasteiger charge is 2.04. The molecule has 2 aromatic rings. The monoisotopic (exact) mass is 305 g/mol. The summed E-state index contributed by atoms with van der Waals surface area (Å²) >= 11 is 5.92. The summed E-state index contributed by atoms with van der Waals surface area (Å²) in [5, 5.41) is 4.66. The summed E-state index contributed by atoms with van der Waals surface area (Å²) in [6.45, 7) is 3.57. The number of aryl methyl sites for hydroxylation is 1. The molecule has 0 fully saturated rings. The van der Waals surface area contributed by atoms with Crippen LogP contribution in [0.3, 0.4) is 0 Å². The zero-order valence-corrected chi connectivity index (χ0v) is 12.6. The number of H-pyrrole nitrogens is 1. The van der Waals surface area contributed by atoms with Gasteiger partial charge in [0, 0.05) is 11.2 Å². The van der Waals surface area contributed by atoms with Crippen molar-refractivity contribution in [2.45, 2.75) is 13.8 Å². The Kier molecular flexibility index (Phi) is 5.00. The molecular formula is C15H16ClN3O2. The van der Waals surface area contributed by atoms with Crippen molar-refractivity contribution in [2.24, 2.45) is 5.10 Å². The number of hydrogen-bond acceptors (Lipinski definition) is 3. The number of hydrazone groups is 1. The Morgan fingerprint density at radius 1 is 1.43 bits per heavy atom. The van der Waals surface area contributed by atoms with Gasteiger partial charge in [0.15, 0.2) is 6.61 Å². The van der Waals surface area contributed by atoms with Crippen LogP contribution < -0.4 is 10.2 Å². The van der Waals surface area contributed by atoms with Gasteiger partial charge in [0.2, 0.25) is 0 Å². The van der Waals surface area contributed by atoms with Crippen LogP contribution in [0.5, 0.6) is 5.75 Å². The Balaban J connectivity index is 1.85. The highest BCUT2D eigenvalue weighted by molar-refractivity contribution is 6.31. The minimum atomic E-state index is -0.325. The summed E-state index contributed by atoms with van der Waals surface area (Å²) in [6, 6.07) is 8.97. The maximum Gasteiger partial charge on any atom is 0.277 e. The van der Waals surface area contributed by atoms with Gasteiger partial charge in [0.05, 0.1) is 11.4 Å². The van der Waals surface area contributed by atoms with Gasteiger partial charge in [-0.2, -0.15) is 5.10 Å². The van der Waals surface area contributed by atoms with Crippen molar-refractivity contribution < 1.29 is 9.53 Å². The van der Waals surface area contributed by atoms with Crippen LogP contribution in [0.4, 0.5) is 0 Å². The molecule has 5 nitrogen and oxygen atoms in total. The van der Waals surface area contributed by atoms with Gasteiger partial charge >= 0.3 is 0 Å². The summed E-state index contributed by atoms with van der Waals surface area (Å²) in [4.78, 5) is 14.7. The Morgan fingerprint density at radius 2 is 2.24 bits per heavy atom. The Bertz CT molecular complexity index is 651. The van der Waals surface area contributed by atoms with Crippen LogP contribution in [-0.2, 0) is 4.79 Å². The van der Waals surface area contributed by atoms with Crippen molar-refractivity contribution in [3.63, 3.8) is 0 Å². The van der Waals surface area contributed by atoms with Gasteiger partial charge in [-0.1, -0.05) is 11.6 Å². The van der Waals surface area contributed by atoms with Crippen LogP contribution in [-0.4, -0.2) is 23.2 Å². The van der Waals surface area contributed by atoms with E-state index in [9.17, 15) is 4.79 Å². The van der Waals surface area contributed by atoms with E-state index in [0.29, 0.717) is 16.5 Å². The summed E-state index contributed by atoms with van der Waals surface area (Å²) < 4.78 is 5.38. The van der Waals surface area contributed by atoms with Crippen LogP contribution in [0, 0.1) is 6.92 Å². The van der Waals surface area contributed by atoms with E-state index in [4.69, 9.17) is 16.3 Å². The van der Waals surface area contributed by atoms with Gasteiger partial charge in [0.25, 0.3) is 5.91 Å². The van der Waals surface area contributed by atoms with Crippen molar-refractivity contribution in [1.82, 2.24) is 10.4 Å². The molecular weight excluding hydrogens is 290 g/mol. The largest absolute Gasteiger partial charge is 0.484 e. The molecule has 1 amide bonds. The molecule has 2 N–H and O–H groups in total. The Labute approximate surface area is 128 Å². The number of nitrogens with zero attached hydrogens (tertiary/aromatic N) is 1. The van der Waals surface area contributed by atoms with Crippen molar-refractivity contribution in [1.29, 1.82) is 0 Å². The lowest BCUT2D eigenvalue weighted by molar-refractivity contribution is -0.123. The normalized spacial score (nSPS) is 11.3. The summed E-state index contributed by atoms with van der Waals surface area (Å²) in [5.74, 6) is 0.269. The maximum atomic E-state index is 11.7. The second kappa shape index (κ2) is 6.95. The molecule has 1 aromatic heterocycles. The smallest absolute Gasteiger partial charge is 0.277 e. The molecule has 0 bridgehead atoms. The van der Waals surface area contributed by atoms with Gasteiger partial charge in [-0.15, -0.1) is 0 Å². The number of carbonyl (C=O) groups excluding carboxylic acids is 1. The van der Waals surface area contributed by atoms with E-state index in [-0.39, 0.29) is 12.5 Å². The summed E-state index contributed by atoms with van der Waals surface area (Å²) in [6.07, 6.45) is 1.79. The fraction of sp³-hybridized carbons (Fsp3) is 0.200. The molecule has 0 aliphatic heterocycles. The highest BCUT2D eigenvalue weighted by Crippen LogP contribution is 2.20. The van der Waals surface area contributed by atoms with Gasteiger partial charge in [-0.3, -0.25) is 4.79 Å². The van der Waals surface area contributed by atoms with E-state index in [1.54, 1.807) is 31.3 Å². The third-order valence-electron chi connectivity index (χ3n) is 2.84. The van der Waals surface area contributed by atoms with Gasteiger partial charge in [0.1, 0.15) is 5.75 Å². The van der Waals surface area contributed by atoms with Crippen LogP contribution in [0.15, 0.2) is 41.6 Å². The third kappa shape index (κ3) is 4.36. The van der Waals surface area contributed by atoms with Crippen LogP contribution in [0.1, 0.15) is 18.2 Å². The van der Waals surface area contributed by atoms with Crippen molar-refractivity contribution >= 4 is 23.2 Å². The van der Waals surface area contributed by atoms with E-state index in [1.807, 2.05) is 19.1 Å². The summed E-state index contributed by atoms with van der Waals surface area (Å²) in [7, 11) is 0. The maximum absolute atomic E-state index is 11.7. The molecule has 110 valence electrons. The van der Waals surface area contributed by atoms with E-state index in [1.165, 1.54) is 0 Å². The van der Waals surface area contributed by atoms with Crippen LogP contribution in [0.2, 0.25) is 5.02 Å². The first-order valence-corrected chi connectivity index (χ1v) is 6.80. The summed E-state index contributed by atoms with van der Waals surface area (Å²) in [5.41, 5.74) is 4.89. The van der Waals surface area contributed by atoms with E-state index >= 15 is 0 Å². The lowest BCUT2D eigenvalue weighted by Crippen LogP contribution is -2.25. The number of hydrogen-bond donors (Lipinski definition) is 2. The van der Waals surface area contributed by atoms with Crippen LogP contribution in [0.25, 0.3) is 0 Å². The first kappa shape index (κ1) is 15.1. The molecule has 0 saturated heterocycles. The quantitative estimate of drug-likeness (QED) is 0.659. The predicted octanol–water partition coefficient (Wildman–Crippen LogP) is 2.90. The predicted molar refractivity (Wildman–Crippen MR) is 82.8 cm³/mol. The van der Waals surface area contributed by atoms with Crippen molar-refractivity contribution in [3.05, 3.63) is 52.8 Å². The first-order chi connectivity index (χ1) is 10.1. The Morgan fingerprint density at radius 3 is 2.90 bits per heavy atom. The standard InChI is InChI=1S/C15H16ClN3O2/c1-10-8-12(5-6-13(10)16)21-9-15(20)19-18-11(2)14-4-3-7-17-14/h3-8,17H,9H2,1-2H3,(H,19,20)/b18-11+. The highest BCUT2D eigenvalue weighted by atomic mass is 35.5. The number of aromatic amines is 1. The zero-order chi connectivity index (χ0) is 15.2. The van der Waals surface area contributed by atoms with Crippen LogP contribution >= 0.6 is 11.6 Å². The van der Waals surface area contributed by atoms with E-state index in [2.05, 4.69) is 15.5 Å². The number of rotatable bonds is 5. The minimum Gasteiger partial charge on any atom is -0.484 e. The van der Waals surface area contributed by atoms with Gasteiger partial charge < -0.3 is 9.72 Å². The fourth-order valence-corrected chi connectivity index (χ4v) is 1.77. The van der Waals surface area contributed by atoms with Gasteiger partial charge in [-0.25, -0.2) is 5.43 Å². The molecule has 6 heteroatoms. The molecule has 1 heterocycles. The number of halogens is 1. The molecule has 1 aromatic carbocycles. The molecule has 0 atom stereocenters. The number of carbonyl (C=O) groups is 1. The molecule has 0 radical (unpaired) electrons. The third-order valence-corrected chi connectivity index (χ3v) is 3.26. The average molecular weight is 306 g/mol. The number of ether oxygens (including phenoxy) is 1. The fourth-order valence-electron chi connectivity index (χ4n) is 1.65. The minimum absolute atomic E-state index is 0.109. The molecule has 2 rings (SSSR count). The number of amides is 1. The molecule has 0 spiro atoms. The molecule has 0 aliphatic rings. The Hall–Kier alpha value is -2.27. The molecule has 0 unspecified atom stereocenters. The van der Waals surface area contributed by atoms with Crippen molar-refractivity contribution in [3.8, 4) is 5.75 Å². The second-order valence-electron chi connectivity index (χ2n) is 4.52. The molecule has 0 aliphatic carbocycles. The van der Waals surface area contributed by atoms with E-state index < -0.39 is 0 Å². The van der Waals surface area contributed by atoms with Gasteiger partial charge in [-0.05, 0) is 49.7 Å². The number of nitrogens with one attached hydrogen (secondary N) is 2. The first-order valence-electron chi connectivity index (χ1n) is 6.42. The molecule has 21 heavy (non-hydrogen) atoms. The lowest BCUT2D eigenvalue weighted by Gasteiger charge is -2.07. The SMILES string of the molecule is C/C(=N\NC(=O)COc1ccc(Cl)c(C)c1)c1ccc[nH]1. The average Bonchev–Trinajstić information content (AvgIpc) is 3.00. The second-order valence-corrected chi connectivity index (χ2v) is 4.92. The number of aromatic nitrogens is 1. The topological polar surface area (TPSA) is 66.5 Å². The number of benzene rings is 1. The zero-order valence-electron chi connectivity index (χ0n) is 11.8.